The van der Waals surface area contributed by atoms with Crippen molar-refractivity contribution >= 4 is 17.4 Å². The van der Waals surface area contributed by atoms with E-state index < -0.39 is 0 Å². The summed E-state index contributed by atoms with van der Waals surface area (Å²) in [5.41, 5.74) is 3.52. The molecule has 0 radical (unpaired) electrons. The summed E-state index contributed by atoms with van der Waals surface area (Å²) in [6.07, 6.45) is 0. The molecule has 0 aromatic heterocycles. The molecule has 3 aromatic carbocycles. The average Bonchev–Trinajstić information content (AvgIpc) is 2.83. The van der Waals surface area contributed by atoms with Crippen molar-refractivity contribution in [2.75, 3.05) is 31.1 Å². The molecule has 1 fully saturated rings. The number of hydrogen-bond donors (Lipinski definition) is 0. The molecule has 1 aliphatic heterocycles. The van der Waals surface area contributed by atoms with Crippen LogP contribution in [0, 0.1) is 0 Å². The van der Waals surface area contributed by atoms with Gasteiger partial charge in [-0.25, -0.2) is 0 Å². The van der Waals surface area contributed by atoms with Gasteiger partial charge in [0.15, 0.2) is 5.78 Å². The highest BCUT2D eigenvalue weighted by Gasteiger charge is 2.22. The highest BCUT2D eigenvalue weighted by atomic mass is 16.5. The normalized spacial score (nSPS) is 13.7. The molecule has 5 nitrogen and oxygen atoms in total. The summed E-state index contributed by atoms with van der Waals surface area (Å²) in [6.45, 7) is 4.87. The molecule has 0 atom stereocenters. The average molecular weight is 415 g/mol. The Balaban J connectivity index is 1.34. The molecule has 0 spiro atoms. The summed E-state index contributed by atoms with van der Waals surface area (Å²) in [4.78, 5) is 28.6. The Morgan fingerprint density at radius 3 is 2.19 bits per heavy atom. The molecule has 158 valence electrons. The van der Waals surface area contributed by atoms with Crippen molar-refractivity contribution in [1.29, 1.82) is 0 Å². The van der Waals surface area contributed by atoms with Gasteiger partial charge in [-0.15, -0.1) is 0 Å². The van der Waals surface area contributed by atoms with Gasteiger partial charge in [0.05, 0.1) is 0 Å². The largest absolute Gasteiger partial charge is 0.489 e. The molecule has 0 N–H and O–H groups in total. The van der Waals surface area contributed by atoms with E-state index in [9.17, 15) is 9.59 Å². The third kappa shape index (κ3) is 5.12. The van der Waals surface area contributed by atoms with Crippen molar-refractivity contribution in [2.45, 2.75) is 13.5 Å². The van der Waals surface area contributed by atoms with Gasteiger partial charge in [-0.3, -0.25) is 9.59 Å². The molecule has 1 amide bonds. The molecule has 5 heteroatoms. The van der Waals surface area contributed by atoms with Gasteiger partial charge in [0.1, 0.15) is 12.4 Å². The molecule has 0 saturated carbocycles. The van der Waals surface area contributed by atoms with Crippen LogP contribution in [0.2, 0.25) is 0 Å². The summed E-state index contributed by atoms with van der Waals surface area (Å²) < 4.78 is 5.87. The van der Waals surface area contributed by atoms with Crippen LogP contribution in [0.1, 0.15) is 33.2 Å². The van der Waals surface area contributed by atoms with Crippen molar-refractivity contribution in [3.05, 3.63) is 95.6 Å². The minimum atomic E-state index is 0.0248. The van der Waals surface area contributed by atoms with E-state index in [-0.39, 0.29) is 11.7 Å². The molecule has 31 heavy (non-hydrogen) atoms. The first kappa shape index (κ1) is 20.7. The Kier molecular flexibility index (Phi) is 6.32. The predicted molar refractivity (Wildman–Crippen MR) is 122 cm³/mol. The number of rotatable bonds is 6. The van der Waals surface area contributed by atoms with Gasteiger partial charge in [-0.05, 0) is 55.0 Å². The van der Waals surface area contributed by atoms with Gasteiger partial charge >= 0.3 is 0 Å². The number of hydrogen-bond acceptors (Lipinski definition) is 4. The van der Waals surface area contributed by atoms with Crippen molar-refractivity contribution in [1.82, 2.24) is 4.90 Å². The second kappa shape index (κ2) is 9.47. The van der Waals surface area contributed by atoms with E-state index in [1.54, 1.807) is 6.92 Å². The fourth-order valence-corrected chi connectivity index (χ4v) is 3.72. The van der Waals surface area contributed by atoms with Gasteiger partial charge in [0.2, 0.25) is 0 Å². The third-order valence-electron chi connectivity index (χ3n) is 5.54. The monoisotopic (exact) mass is 414 g/mol. The van der Waals surface area contributed by atoms with Gasteiger partial charge in [-0.2, -0.15) is 0 Å². The zero-order chi connectivity index (χ0) is 21.6. The van der Waals surface area contributed by atoms with Crippen molar-refractivity contribution in [2.24, 2.45) is 0 Å². The lowest BCUT2D eigenvalue weighted by Crippen LogP contribution is -2.48. The number of ketones is 1. The van der Waals surface area contributed by atoms with E-state index in [4.69, 9.17) is 4.74 Å². The highest BCUT2D eigenvalue weighted by molar-refractivity contribution is 5.95. The minimum absolute atomic E-state index is 0.0248. The Morgan fingerprint density at radius 2 is 1.52 bits per heavy atom. The first-order chi connectivity index (χ1) is 15.1. The number of piperazine rings is 1. The number of benzene rings is 3. The second-order valence-electron chi connectivity index (χ2n) is 7.68. The zero-order valence-corrected chi connectivity index (χ0v) is 17.7. The first-order valence-electron chi connectivity index (χ1n) is 10.5. The number of anilines is 1. The zero-order valence-electron chi connectivity index (χ0n) is 17.7. The quantitative estimate of drug-likeness (QED) is 0.560. The van der Waals surface area contributed by atoms with Crippen molar-refractivity contribution in [3.8, 4) is 5.75 Å². The number of carbonyl (C=O) groups excluding carboxylic acids is 2. The summed E-state index contributed by atoms with van der Waals surface area (Å²) in [7, 11) is 0. The number of carbonyl (C=O) groups is 2. The van der Waals surface area contributed by atoms with Gasteiger partial charge < -0.3 is 14.5 Å². The predicted octanol–water partition coefficient (Wildman–Crippen LogP) is 4.43. The molecule has 4 rings (SSSR count). The van der Waals surface area contributed by atoms with Crippen LogP contribution in [0.4, 0.5) is 5.69 Å². The van der Waals surface area contributed by atoms with Crippen LogP contribution in [-0.4, -0.2) is 42.8 Å². The maximum absolute atomic E-state index is 13.0. The van der Waals surface area contributed by atoms with E-state index in [0.29, 0.717) is 36.6 Å². The van der Waals surface area contributed by atoms with Crippen LogP contribution in [0.15, 0.2) is 78.9 Å². The number of nitrogens with zero attached hydrogens (tertiary/aromatic N) is 2. The lowest BCUT2D eigenvalue weighted by Gasteiger charge is -2.36. The molecule has 1 aliphatic rings. The van der Waals surface area contributed by atoms with Gasteiger partial charge in [0.25, 0.3) is 5.91 Å². The third-order valence-corrected chi connectivity index (χ3v) is 5.54. The Labute approximate surface area is 182 Å². The van der Waals surface area contributed by atoms with Crippen LogP contribution < -0.4 is 9.64 Å². The smallest absolute Gasteiger partial charge is 0.254 e. The Hall–Kier alpha value is -3.60. The van der Waals surface area contributed by atoms with Crippen LogP contribution in [0.5, 0.6) is 5.75 Å². The standard InChI is InChI=1S/C26H26N2O3/c1-20(29)22-10-12-24(13-11-22)27-14-16-28(17-15-27)26(30)23-8-5-9-25(18-23)31-19-21-6-3-2-4-7-21/h2-13,18H,14-17,19H2,1H3. The fourth-order valence-electron chi connectivity index (χ4n) is 3.72. The summed E-state index contributed by atoms with van der Waals surface area (Å²) in [5.74, 6) is 0.785. The maximum Gasteiger partial charge on any atom is 0.254 e. The van der Waals surface area contributed by atoms with E-state index in [0.717, 1.165) is 24.3 Å². The van der Waals surface area contributed by atoms with E-state index >= 15 is 0 Å². The number of amides is 1. The summed E-state index contributed by atoms with van der Waals surface area (Å²) in [6, 6.07) is 25.0. The van der Waals surface area contributed by atoms with E-state index in [2.05, 4.69) is 4.90 Å². The molecular weight excluding hydrogens is 388 g/mol. The molecular formula is C26H26N2O3. The summed E-state index contributed by atoms with van der Waals surface area (Å²) >= 11 is 0. The Bertz CT molecular complexity index is 1040. The first-order valence-corrected chi connectivity index (χ1v) is 10.5. The summed E-state index contributed by atoms with van der Waals surface area (Å²) in [5, 5.41) is 0. The molecule has 1 saturated heterocycles. The van der Waals surface area contributed by atoms with Crippen LogP contribution in [-0.2, 0) is 6.61 Å². The van der Waals surface area contributed by atoms with Crippen LogP contribution >= 0.6 is 0 Å². The molecule has 0 unspecified atom stereocenters. The number of Topliss-reactive ketones (excluding diaryl/α,β-unsaturated/α-hetero) is 1. The van der Waals surface area contributed by atoms with Gasteiger partial charge in [0, 0.05) is 43.0 Å². The fraction of sp³-hybridized carbons (Fsp3) is 0.231. The lowest BCUT2D eigenvalue weighted by atomic mass is 10.1. The molecule has 0 aliphatic carbocycles. The topological polar surface area (TPSA) is 49.9 Å². The molecule has 1 heterocycles. The minimum Gasteiger partial charge on any atom is -0.489 e. The highest BCUT2D eigenvalue weighted by Crippen LogP contribution is 2.20. The molecule has 0 bridgehead atoms. The van der Waals surface area contributed by atoms with Crippen LogP contribution in [0.3, 0.4) is 0 Å². The lowest BCUT2D eigenvalue weighted by molar-refractivity contribution is 0.0746. The molecule has 3 aromatic rings. The van der Waals surface area contributed by atoms with Crippen molar-refractivity contribution < 1.29 is 14.3 Å². The number of ether oxygens (including phenoxy) is 1. The van der Waals surface area contributed by atoms with E-state index in [1.807, 2.05) is 83.8 Å². The van der Waals surface area contributed by atoms with Gasteiger partial charge in [-0.1, -0.05) is 36.4 Å². The van der Waals surface area contributed by atoms with E-state index in [1.165, 1.54) is 0 Å². The van der Waals surface area contributed by atoms with Crippen LogP contribution in [0.25, 0.3) is 0 Å². The maximum atomic E-state index is 13.0. The SMILES string of the molecule is CC(=O)c1ccc(N2CCN(C(=O)c3cccc(OCc4ccccc4)c3)CC2)cc1. The Morgan fingerprint density at radius 1 is 0.806 bits per heavy atom. The van der Waals surface area contributed by atoms with Crippen molar-refractivity contribution in [3.63, 3.8) is 0 Å². The second-order valence-corrected chi connectivity index (χ2v) is 7.68.